The van der Waals surface area contributed by atoms with Crippen LogP contribution in [0.15, 0.2) is 12.3 Å². The third-order valence-corrected chi connectivity index (χ3v) is 4.16. The van der Waals surface area contributed by atoms with E-state index in [1.807, 2.05) is 27.0 Å². The summed E-state index contributed by atoms with van der Waals surface area (Å²) in [4.78, 5) is 26.5. The van der Waals surface area contributed by atoms with Gasteiger partial charge in [0.05, 0.1) is 4.92 Å². The summed E-state index contributed by atoms with van der Waals surface area (Å²) in [5.41, 5.74) is -0.279. The Morgan fingerprint density at radius 1 is 1.52 bits per heavy atom. The van der Waals surface area contributed by atoms with Crippen molar-refractivity contribution in [3.63, 3.8) is 0 Å². The Labute approximate surface area is 128 Å². The summed E-state index contributed by atoms with van der Waals surface area (Å²) in [7, 11) is 0. The quantitative estimate of drug-likeness (QED) is 0.592. The SMILES string of the molecule is CCNc1cc(C(=O)NCC(C)(C)SC)c([N+](=O)[O-])cn1. The molecule has 21 heavy (non-hydrogen) atoms. The first-order valence-electron chi connectivity index (χ1n) is 6.52. The zero-order valence-electron chi connectivity index (χ0n) is 12.6. The monoisotopic (exact) mass is 312 g/mol. The van der Waals surface area contributed by atoms with Crippen molar-refractivity contribution in [1.82, 2.24) is 10.3 Å². The van der Waals surface area contributed by atoms with Gasteiger partial charge < -0.3 is 10.6 Å². The lowest BCUT2D eigenvalue weighted by Gasteiger charge is -2.22. The van der Waals surface area contributed by atoms with Gasteiger partial charge in [0.2, 0.25) is 0 Å². The number of thioether (sulfide) groups is 1. The van der Waals surface area contributed by atoms with Crippen LogP contribution in [-0.4, -0.2) is 39.9 Å². The van der Waals surface area contributed by atoms with E-state index in [1.165, 1.54) is 6.07 Å². The van der Waals surface area contributed by atoms with Crippen LogP contribution in [0.5, 0.6) is 0 Å². The van der Waals surface area contributed by atoms with E-state index in [9.17, 15) is 14.9 Å². The highest BCUT2D eigenvalue weighted by atomic mass is 32.2. The molecule has 0 aliphatic rings. The molecule has 0 radical (unpaired) electrons. The van der Waals surface area contributed by atoms with Crippen LogP contribution in [0.1, 0.15) is 31.1 Å². The Bertz CT molecular complexity index is 534. The first kappa shape index (κ1) is 17.2. The van der Waals surface area contributed by atoms with Gasteiger partial charge in [-0.25, -0.2) is 4.98 Å². The van der Waals surface area contributed by atoms with Gasteiger partial charge in [-0.3, -0.25) is 14.9 Å². The summed E-state index contributed by atoms with van der Waals surface area (Å²) in [6, 6.07) is 1.41. The lowest BCUT2D eigenvalue weighted by molar-refractivity contribution is -0.385. The standard InChI is InChI=1S/C13H20N4O3S/c1-5-14-11-6-9(10(7-15-11)17(19)20)12(18)16-8-13(2,3)21-4/h6-7H,5,8H2,1-4H3,(H,14,15)(H,16,18). The van der Waals surface area contributed by atoms with Gasteiger partial charge in [0.1, 0.15) is 17.6 Å². The van der Waals surface area contributed by atoms with E-state index in [4.69, 9.17) is 0 Å². The molecule has 0 aliphatic heterocycles. The Balaban J connectivity index is 2.99. The van der Waals surface area contributed by atoms with Crippen molar-refractivity contribution in [3.05, 3.63) is 27.9 Å². The molecular formula is C13H20N4O3S. The van der Waals surface area contributed by atoms with Crippen LogP contribution in [0.3, 0.4) is 0 Å². The van der Waals surface area contributed by atoms with Crippen molar-refractivity contribution in [2.24, 2.45) is 0 Å². The number of anilines is 1. The molecule has 1 aromatic rings. The third kappa shape index (κ3) is 4.89. The first-order valence-corrected chi connectivity index (χ1v) is 7.75. The predicted molar refractivity (Wildman–Crippen MR) is 85.0 cm³/mol. The molecule has 1 rings (SSSR count). The number of hydrogen-bond acceptors (Lipinski definition) is 6. The largest absolute Gasteiger partial charge is 0.370 e. The minimum Gasteiger partial charge on any atom is -0.370 e. The molecule has 0 bridgehead atoms. The summed E-state index contributed by atoms with van der Waals surface area (Å²) in [6.07, 6.45) is 3.05. The Hall–Kier alpha value is -1.83. The highest BCUT2D eigenvalue weighted by Crippen LogP contribution is 2.22. The Morgan fingerprint density at radius 2 is 2.19 bits per heavy atom. The summed E-state index contributed by atoms with van der Waals surface area (Å²) >= 11 is 1.61. The topological polar surface area (TPSA) is 97.2 Å². The van der Waals surface area contributed by atoms with Gasteiger partial charge in [0.25, 0.3) is 11.6 Å². The number of carbonyl (C=O) groups is 1. The second-order valence-electron chi connectivity index (χ2n) is 5.02. The number of hydrogen-bond donors (Lipinski definition) is 2. The van der Waals surface area contributed by atoms with E-state index in [-0.39, 0.29) is 16.0 Å². The molecule has 1 heterocycles. The molecule has 0 aromatic carbocycles. The van der Waals surface area contributed by atoms with Crippen LogP contribution in [0, 0.1) is 10.1 Å². The number of rotatable bonds is 7. The van der Waals surface area contributed by atoms with Crippen molar-refractivity contribution in [1.29, 1.82) is 0 Å². The van der Waals surface area contributed by atoms with Gasteiger partial charge in [-0.05, 0) is 27.0 Å². The first-order chi connectivity index (χ1) is 9.80. The van der Waals surface area contributed by atoms with E-state index >= 15 is 0 Å². The zero-order valence-corrected chi connectivity index (χ0v) is 13.4. The normalized spacial score (nSPS) is 11.0. The van der Waals surface area contributed by atoms with Gasteiger partial charge >= 0.3 is 0 Å². The average molecular weight is 312 g/mol. The smallest absolute Gasteiger partial charge is 0.300 e. The van der Waals surface area contributed by atoms with Crippen molar-refractivity contribution in [2.45, 2.75) is 25.5 Å². The molecule has 8 heteroatoms. The lowest BCUT2D eigenvalue weighted by Crippen LogP contribution is -2.36. The zero-order chi connectivity index (χ0) is 16.0. The van der Waals surface area contributed by atoms with E-state index < -0.39 is 10.8 Å². The minimum absolute atomic E-state index is 0.0165. The fourth-order valence-corrected chi connectivity index (χ4v) is 1.73. The number of nitro groups is 1. The van der Waals surface area contributed by atoms with Crippen molar-refractivity contribution >= 4 is 29.2 Å². The molecule has 0 saturated heterocycles. The van der Waals surface area contributed by atoms with Gasteiger partial charge in [0, 0.05) is 23.9 Å². The highest BCUT2D eigenvalue weighted by molar-refractivity contribution is 7.99. The number of pyridine rings is 1. The summed E-state index contributed by atoms with van der Waals surface area (Å²) in [5.74, 6) is -0.0252. The Kier molecular flexibility index (Phi) is 5.95. The molecule has 0 aliphatic carbocycles. The molecule has 0 fully saturated rings. The number of carbonyl (C=O) groups excluding carboxylic acids is 1. The third-order valence-electron chi connectivity index (χ3n) is 2.91. The fraction of sp³-hybridized carbons (Fsp3) is 0.538. The Morgan fingerprint density at radius 3 is 2.71 bits per heavy atom. The molecule has 1 amide bonds. The van der Waals surface area contributed by atoms with E-state index in [0.29, 0.717) is 18.9 Å². The predicted octanol–water partition coefficient (Wildman–Crippen LogP) is 2.29. The van der Waals surface area contributed by atoms with Gasteiger partial charge in [-0.15, -0.1) is 0 Å². The molecule has 0 atom stereocenters. The average Bonchev–Trinajstić information content (AvgIpc) is 2.45. The second-order valence-corrected chi connectivity index (χ2v) is 6.53. The van der Waals surface area contributed by atoms with Crippen LogP contribution in [-0.2, 0) is 0 Å². The van der Waals surface area contributed by atoms with E-state index in [1.54, 1.807) is 11.8 Å². The van der Waals surface area contributed by atoms with Gasteiger partial charge in [0.15, 0.2) is 0 Å². The summed E-state index contributed by atoms with van der Waals surface area (Å²) in [5, 5.41) is 16.7. The van der Waals surface area contributed by atoms with E-state index in [2.05, 4.69) is 15.6 Å². The van der Waals surface area contributed by atoms with Crippen LogP contribution >= 0.6 is 11.8 Å². The van der Waals surface area contributed by atoms with Crippen molar-refractivity contribution < 1.29 is 9.72 Å². The number of nitrogens with one attached hydrogen (secondary N) is 2. The molecule has 0 unspecified atom stereocenters. The number of nitrogens with zero attached hydrogens (tertiary/aromatic N) is 2. The molecular weight excluding hydrogens is 292 g/mol. The maximum absolute atomic E-state index is 12.2. The molecule has 0 saturated carbocycles. The van der Waals surface area contributed by atoms with Crippen LogP contribution in [0.25, 0.3) is 0 Å². The maximum atomic E-state index is 12.2. The fourth-order valence-electron chi connectivity index (χ4n) is 1.51. The van der Waals surface area contributed by atoms with Crippen LogP contribution in [0.4, 0.5) is 11.5 Å². The highest BCUT2D eigenvalue weighted by Gasteiger charge is 2.24. The second kappa shape index (κ2) is 7.26. The van der Waals surface area contributed by atoms with E-state index in [0.717, 1.165) is 6.20 Å². The molecule has 0 spiro atoms. The van der Waals surface area contributed by atoms with Crippen molar-refractivity contribution in [2.75, 3.05) is 24.7 Å². The van der Waals surface area contributed by atoms with Gasteiger partial charge in [-0.2, -0.15) is 11.8 Å². The number of amides is 1. The van der Waals surface area contributed by atoms with Gasteiger partial charge in [-0.1, -0.05) is 0 Å². The molecule has 116 valence electrons. The van der Waals surface area contributed by atoms with Crippen LogP contribution < -0.4 is 10.6 Å². The summed E-state index contributed by atoms with van der Waals surface area (Å²) < 4.78 is -0.137. The molecule has 2 N–H and O–H groups in total. The maximum Gasteiger partial charge on any atom is 0.300 e. The minimum atomic E-state index is -0.600. The summed E-state index contributed by atoms with van der Waals surface area (Å²) in [6.45, 7) is 6.89. The molecule has 1 aromatic heterocycles. The molecule has 7 nitrogen and oxygen atoms in total. The number of aromatic nitrogens is 1. The van der Waals surface area contributed by atoms with Crippen LogP contribution in [0.2, 0.25) is 0 Å². The van der Waals surface area contributed by atoms with Crippen molar-refractivity contribution in [3.8, 4) is 0 Å². The lowest BCUT2D eigenvalue weighted by atomic mass is 10.1.